The summed E-state index contributed by atoms with van der Waals surface area (Å²) < 4.78 is 0. The molecule has 5 heteroatoms. The van der Waals surface area contributed by atoms with E-state index in [1.165, 1.54) is 6.42 Å². The number of hydrogen-bond donors (Lipinski definition) is 2. The van der Waals surface area contributed by atoms with E-state index in [1.54, 1.807) is 12.1 Å². The lowest BCUT2D eigenvalue weighted by Crippen LogP contribution is -2.37. The number of halogens is 2. The number of hydrogen-bond acceptors (Lipinski definition) is 2. The average Bonchev–Trinajstić information content (AvgIpc) is 2.82. The van der Waals surface area contributed by atoms with Crippen LogP contribution in [0.25, 0.3) is 0 Å². The molecule has 2 rings (SSSR count). The van der Waals surface area contributed by atoms with Gasteiger partial charge in [-0.3, -0.25) is 4.79 Å². The Morgan fingerprint density at radius 2 is 2.33 bits per heavy atom. The Labute approximate surface area is 119 Å². The fourth-order valence-electron chi connectivity index (χ4n) is 1.98. The molecule has 100 valence electrons. The molecule has 1 amide bonds. The molecule has 0 aromatic heterocycles. The zero-order valence-electron chi connectivity index (χ0n) is 10.3. The topological polar surface area (TPSA) is 41.1 Å². The summed E-state index contributed by atoms with van der Waals surface area (Å²) in [6, 6.07) is 5.80. The minimum absolute atomic E-state index is 0. The van der Waals surface area contributed by atoms with Gasteiger partial charge in [-0.25, -0.2) is 0 Å². The summed E-state index contributed by atoms with van der Waals surface area (Å²) in [6.07, 6.45) is 2.33. The van der Waals surface area contributed by atoms with Crippen LogP contribution in [0.1, 0.15) is 28.8 Å². The van der Waals surface area contributed by atoms with Crippen molar-refractivity contribution in [2.24, 2.45) is 0 Å². The van der Waals surface area contributed by atoms with Gasteiger partial charge >= 0.3 is 0 Å². The van der Waals surface area contributed by atoms with E-state index in [9.17, 15) is 4.79 Å². The molecule has 1 fully saturated rings. The van der Waals surface area contributed by atoms with Gasteiger partial charge in [-0.05, 0) is 44.0 Å². The van der Waals surface area contributed by atoms with Crippen molar-refractivity contribution in [1.29, 1.82) is 0 Å². The van der Waals surface area contributed by atoms with E-state index in [-0.39, 0.29) is 18.3 Å². The third-order valence-corrected chi connectivity index (χ3v) is 3.51. The van der Waals surface area contributed by atoms with E-state index in [0.29, 0.717) is 23.2 Å². The number of carbonyl (C=O) groups is 1. The maximum absolute atomic E-state index is 11.9. The van der Waals surface area contributed by atoms with Gasteiger partial charge in [0, 0.05) is 23.2 Å². The van der Waals surface area contributed by atoms with Gasteiger partial charge in [0.1, 0.15) is 0 Å². The predicted octanol–water partition coefficient (Wildman–Crippen LogP) is 2.55. The molecule has 1 aliphatic heterocycles. The van der Waals surface area contributed by atoms with Gasteiger partial charge in [0.2, 0.25) is 0 Å². The third kappa shape index (κ3) is 3.87. The van der Waals surface area contributed by atoms with Crippen LogP contribution in [0.5, 0.6) is 0 Å². The van der Waals surface area contributed by atoms with Crippen LogP contribution in [0.3, 0.4) is 0 Å². The highest BCUT2D eigenvalue weighted by molar-refractivity contribution is 6.31. The van der Waals surface area contributed by atoms with E-state index >= 15 is 0 Å². The number of amides is 1. The maximum Gasteiger partial charge on any atom is 0.251 e. The van der Waals surface area contributed by atoms with Crippen LogP contribution in [0, 0.1) is 6.92 Å². The highest BCUT2D eigenvalue weighted by Gasteiger charge is 2.15. The molecule has 2 N–H and O–H groups in total. The van der Waals surface area contributed by atoms with Crippen molar-refractivity contribution in [2.75, 3.05) is 13.1 Å². The van der Waals surface area contributed by atoms with E-state index in [4.69, 9.17) is 11.6 Å². The molecule has 0 radical (unpaired) electrons. The summed E-state index contributed by atoms with van der Waals surface area (Å²) in [5.41, 5.74) is 1.61. The summed E-state index contributed by atoms with van der Waals surface area (Å²) in [6.45, 7) is 3.66. The lowest BCUT2D eigenvalue weighted by atomic mass is 10.1. The van der Waals surface area contributed by atoms with Crippen molar-refractivity contribution < 1.29 is 4.79 Å². The van der Waals surface area contributed by atoms with Gasteiger partial charge in [-0.1, -0.05) is 17.7 Å². The fraction of sp³-hybridized carbons (Fsp3) is 0.462. The molecule has 0 spiro atoms. The first-order valence-corrected chi connectivity index (χ1v) is 6.32. The van der Waals surface area contributed by atoms with Crippen LogP contribution in [0.4, 0.5) is 0 Å². The van der Waals surface area contributed by atoms with Crippen molar-refractivity contribution in [1.82, 2.24) is 10.6 Å². The van der Waals surface area contributed by atoms with E-state index in [0.717, 1.165) is 18.5 Å². The number of benzene rings is 1. The molecular formula is C13H18Cl2N2O. The summed E-state index contributed by atoms with van der Waals surface area (Å²) in [5, 5.41) is 6.91. The Kier molecular flexibility index (Phi) is 5.93. The van der Waals surface area contributed by atoms with Gasteiger partial charge in [0.25, 0.3) is 5.91 Å². The Morgan fingerprint density at radius 3 is 2.94 bits per heavy atom. The van der Waals surface area contributed by atoms with Crippen LogP contribution in [0.15, 0.2) is 18.2 Å². The van der Waals surface area contributed by atoms with Crippen molar-refractivity contribution in [3.8, 4) is 0 Å². The second kappa shape index (κ2) is 6.98. The number of carbonyl (C=O) groups excluding carboxylic acids is 1. The quantitative estimate of drug-likeness (QED) is 0.898. The molecule has 1 saturated heterocycles. The molecule has 1 atom stereocenters. The first-order valence-electron chi connectivity index (χ1n) is 5.94. The van der Waals surface area contributed by atoms with Gasteiger partial charge in [0.05, 0.1) is 0 Å². The molecule has 18 heavy (non-hydrogen) atoms. The van der Waals surface area contributed by atoms with Gasteiger partial charge in [-0.15, -0.1) is 12.4 Å². The average molecular weight is 289 g/mol. The summed E-state index contributed by atoms with van der Waals surface area (Å²) in [5.74, 6) is -0.0550. The molecule has 0 aliphatic carbocycles. The Hall–Kier alpha value is -0.770. The lowest BCUT2D eigenvalue weighted by molar-refractivity contribution is 0.0950. The zero-order chi connectivity index (χ0) is 12.3. The highest BCUT2D eigenvalue weighted by Crippen LogP contribution is 2.16. The van der Waals surface area contributed by atoms with Crippen LogP contribution in [-0.2, 0) is 0 Å². The second-order valence-electron chi connectivity index (χ2n) is 4.47. The maximum atomic E-state index is 11.9. The van der Waals surface area contributed by atoms with Crippen LogP contribution in [-0.4, -0.2) is 25.0 Å². The molecule has 0 saturated carbocycles. The molecule has 1 heterocycles. The zero-order valence-corrected chi connectivity index (χ0v) is 11.9. The summed E-state index contributed by atoms with van der Waals surface area (Å²) >= 11 is 5.99. The van der Waals surface area contributed by atoms with Crippen LogP contribution < -0.4 is 10.6 Å². The second-order valence-corrected chi connectivity index (χ2v) is 4.87. The molecule has 3 nitrogen and oxygen atoms in total. The Balaban J connectivity index is 0.00000162. The van der Waals surface area contributed by atoms with Gasteiger partial charge in [-0.2, -0.15) is 0 Å². The summed E-state index contributed by atoms with van der Waals surface area (Å²) in [7, 11) is 0. The van der Waals surface area contributed by atoms with E-state index in [2.05, 4.69) is 10.6 Å². The lowest BCUT2D eigenvalue weighted by Gasteiger charge is -2.11. The third-order valence-electron chi connectivity index (χ3n) is 3.11. The normalized spacial score (nSPS) is 18.2. The molecule has 1 aliphatic rings. The smallest absolute Gasteiger partial charge is 0.251 e. The van der Waals surface area contributed by atoms with Crippen molar-refractivity contribution in [3.63, 3.8) is 0 Å². The number of rotatable bonds is 3. The van der Waals surface area contributed by atoms with Crippen molar-refractivity contribution >= 4 is 29.9 Å². The van der Waals surface area contributed by atoms with E-state index < -0.39 is 0 Å². The minimum atomic E-state index is -0.0550. The molecule has 1 aromatic carbocycles. The fourth-order valence-corrected chi connectivity index (χ4v) is 2.16. The SMILES string of the molecule is Cc1ccc(C(=O)NCC2CCCN2)cc1Cl.Cl. The van der Waals surface area contributed by atoms with Crippen molar-refractivity contribution in [2.45, 2.75) is 25.8 Å². The Morgan fingerprint density at radius 1 is 1.56 bits per heavy atom. The van der Waals surface area contributed by atoms with Crippen LogP contribution in [0.2, 0.25) is 5.02 Å². The van der Waals surface area contributed by atoms with Gasteiger partial charge < -0.3 is 10.6 Å². The first-order chi connectivity index (χ1) is 8.16. The largest absolute Gasteiger partial charge is 0.350 e. The van der Waals surface area contributed by atoms with Crippen molar-refractivity contribution in [3.05, 3.63) is 34.3 Å². The number of nitrogens with one attached hydrogen (secondary N) is 2. The first kappa shape index (κ1) is 15.3. The molecular weight excluding hydrogens is 271 g/mol. The summed E-state index contributed by atoms with van der Waals surface area (Å²) in [4.78, 5) is 11.9. The number of aryl methyl sites for hydroxylation is 1. The van der Waals surface area contributed by atoms with Crippen LogP contribution >= 0.6 is 24.0 Å². The molecule has 0 bridgehead atoms. The van der Waals surface area contributed by atoms with Gasteiger partial charge in [0.15, 0.2) is 0 Å². The Bertz CT molecular complexity index is 417. The predicted molar refractivity (Wildman–Crippen MR) is 76.8 cm³/mol. The minimum Gasteiger partial charge on any atom is -0.350 e. The standard InChI is InChI=1S/C13H17ClN2O.ClH/c1-9-4-5-10(7-12(9)14)13(17)16-8-11-3-2-6-15-11;/h4-5,7,11,15H,2-3,6,8H2,1H3,(H,16,17);1H. The molecule has 1 aromatic rings. The molecule has 1 unspecified atom stereocenters. The van der Waals surface area contributed by atoms with E-state index in [1.807, 2.05) is 13.0 Å². The highest BCUT2D eigenvalue weighted by atomic mass is 35.5. The monoisotopic (exact) mass is 288 g/mol.